The van der Waals surface area contributed by atoms with Crippen molar-refractivity contribution < 1.29 is 18.3 Å². The summed E-state index contributed by atoms with van der Waals surface area (Å²) in [6.07, 6.45) is 0.779. The van der Waals surface area contributed by atoms with Crippen molar-refractivity contribution in [1.82, 2.24) is 4.90 Å². The van der Waals surface area contributed by atoms with E-state index in [4.69, 9.17) is 37.6 Å². The molecule has 0 saturated carbocycles. The van der Waals surface area contributed by atoms with E-state index in [1.54, 1.807) is 33.1 Å². The summed E-state index contributed by atoms with van der Waals surface area (Å²) < 4.78 is 29.2. The van der Waals surface area contributed by atoms with Gasteiger partial charge in [0.25, 0.3) is 0 Å². The van der Waals surface area contributed by atoms with Gasteiger partial charge in [-0.1, -0.05) is 41.9 Å². The molecule has 2 rings (SSSR count). The van der Waals surface area contributed by atoms with Crippen LogP contribution in [0.5, 0.6) is 5.75 Å². The molecular formula is C21H28ClN2O4PS. The summed E-state index contributed by atoms with van der Waals surface area (Å²) in [6.45, 7) is 4.70. The SMILES string of the molecule is CCOP(=O)(CN(CCc1ccccc1)C(=S)Nc1ccc(OC)c(Cl)c1)OCC. The lowest BCUT2D eigenvalue weighted by Gasteiger charge is -2.29. The van der Waals surface area contributed by atoms with Gasteiger partial charge in [0.05, 0.1) is 25.3 Å². The maximum absolute atomic E-state index is 13.1. The quantitative estimate of drug-likeness (QED) is 0.328. The fraction of sp³-hybridized carbons (Fsp3) is 0.381. The van der Waals surface area contributed by atoms with E-state index in [9.17, 15) is 4.57 Å². The molecule has 0 amide bonds. The van der Waals surface area contributed by atoms with Gasteiger partial charge in [-0.15, -0.1) is 0 Å². The minimum atomic E-state index is -3.33. The van der Waals surface area contributed by atoms with Crippen LogP contribution in [0.1, 0.15) is 19.4 Å². The van der Waals surface area contributed by atoms with Crippen LogP contribution < -0.4 is 10.1 Å². The molecule has 2 aromatic rings. The monoisotopic (exact) mass is 470 g/mol. The molecule has 0 aromatic heterocycles. The van der Waals surface area contributed by atoms with Crippen molar-refractivity contribution in [2.45, 2.75) is 20.3 Å². The number of hydrogen-bond acceptors (Lipinski definition) is 5. The van der Waals surface area contributed by atoms with Crippen molar-refractivity contribution in [2.75, 3.05) is 38.5 Å². The largest absolute Gasteiger partial charge is 0.495 e. The first kappa shape index (κ1) is 24.6. The number of nitrogens with zero attached hydrogens (tertiary/aromatic N) is 1. The number of benzene rings is 2. The van der Waals surface area contributed by atoms with E-state index in [0.717, 1.165) is 12.0 Å². The molecule has 0 atom stereocenters. The smallest absolute Gasteiger partial charge is 0.349 e. The highest BCUT2D eigenvalue weighted by Gasteiger charge is 2.28. The summed E-state index contributed by atoms with van der Waals surface area (Å²) in [5.74, 6) is 0.575. The maximum Gasteiger partial charge on any atom is 0.349 e. The Morgan fingerprint density at radius 3 is 2.37 bits per heavy atom. The van der Waals surface area contributed by atoms with Crippen molar-refractivity contribution in [2.24, 2.45) is 0 Å². The van der Waals surface area contributed by atoms with Crippen LogP contribution in [0.3, 0.4) is 0 Å². The maximum atomic E-state index is 13.1. The van der Waals surface area contributed by atoms with Crippen molar-refractivity contribution >= 4 is 42.2 Å². The van der Waals surface area contributed by atoms with E-state index < -0.39 is 7.60 Å². The number of hydrogen-bond donors (Lipinski definition) is 1. The minimum Gasteiger partial charge on any atom is -0.495 e. The Labute approximate surface area is 189 Å². The van der Waals surface area contributed by atoms with Gasteiger partial charge in [0.15, 0.2) is 5.11 Å². The van der Waals surface area contributed by atoms with Crippen LogP contribution in [0.4, 0.5) is 5.69 Å². The summed E-state index contributed by atoms with van der Waals surface area (Å²) in [4.78, 5) is 1.81. The van der Waals surface area contributed by atoms with Crippen LogP contribution in [0.25, 0.3) is 0 Å². The Balaban J connectivity index is 2.18. The molecule has 0 aliphatic rings. The Morgan fingerprint density at radius 1 is 1.13 bits per heavy atom. The molecule has 0 unspecified atom stereocenters. The zero-order valence-corrected chi connectivity index (χ0v) is 19.9. The van der Waals surface area contributed by atoms with Gasteiger partial charge in [0, 0.05) is 12.2 Å². The molecular weight excluding hydrogens is 443 g/mol. The first-order chi connectivity index (χ1) is 14.4. The Hall–Kier alpha value is -1.63. The van der Waals surface area contributed by atoms with Crippen LogP contribution in [-0.2, 0) is 20.0 Å². The van der Waals surface area contributed by atoms with Crippen molar-refractivity contribution in [3.63, 3.8) is 0 Å². The summed E-state index contributed by atoms with van der Waals surface area (Å²) >= 11 is 11.8. The van der Waals surface area contributed by atoms with Gasteiger partial charge >= 0.3 is 7.60 Å². The van der Waals surface area contributed by atoms with Crippen LogP contribution in [0.2, 0.25) is 5.02 Å². The van der Waals surface area contributed by atoms with E-state index in [2.05, 4.69) is 5.32 Å². The third-order valence-corrected chi connectivity index (χ3v) is 6.85. The first-order valence-electron chi connectivity index (χ1n) is 9.72. The Morgan fingerprint density at radius 2 is 1.80 bits per heavy atom. The molecule has 0 aliphatic heterocycles. The zero-order valence-electron chi connectivity index (χ0n) is 17.5. The van der Waals surface area contributed by atoms with Crippen molar-refractivity contribution in [3.05, 3.63) is 59.1 Å². The van der Waals surface area contributed by atoms with Crippen LogP contribution in [-0.4, -0.2) is 43.2 Å². The number of thiocarbonyl (C=S) groups is 1. The average Bonchev–Trinajstić information content (AvgIpc) is 2.72. The average molecular weight is 471 g/mol. The van der Waals surface area contributed by atoms with Gasteiger partial charge in [0.2, 0.25) is 0 Å². The lowest BCUT2D eigenvalue weighted by Crippen LogP contribution is -2.37. The predicted molar refractivity (Wildman–Crippen MR) is 127 cm³/mol. The summed E-state index contributed by atoms with van der Waals surface area (Å²) in [7, 11) is -1.77. The molecule has 6 nitrogen and oxygen atoms in total. The Kier molecular flexibility index (Phi) is 10.1. The third-order valence-electron chi connectivity index (χ3n) is 4.20. The highest BCUT2D eigenvalue weighted by molar-refractivity contribution is 7.80. The fourth-order valence-corrected chi connectivity index (χ4v) is 5.17. The fourth-order valence-electron chi connectivity index (χ4n) is 2.81. The van der Waals surface area contributed by atoms with E-state index in [1.807, 2.05) is 41.3 Å². The van der Waals surface area contributed by atoms with Gasteiger partial charge in [-0.25, -0.2) is 0 Å². The first-order valence-corrected chi connectivity index (χ1v) is 12.2. The third kappa shape index (κ3) is 7.56. The molecule has 0 fully saturated rings. The van der Waals surface area contributed by atoms with Gasteiger partial charge in [-0.05, 0) is 56.2 Å². The van der Waals surface area contributed by atoms with Crippen LogP contribution in [0, 0.1) is 0 Å². The molecule has 1 N–H and O–H groups in total. The highest BCUT2D eigenvalue weighted by atomic mass is 35.5. The normalized spacial score (nSPS) is 11.2. The molecule has 0 saturated heterocycles. The predicted octanol–water partition coefficient (Wildman–Crippen LogP) is 5.81. The molecule has 0 spiro atoms. The standard InChI is InChI=1S/C21H28ClN2O4PS/c1-4-27-29(25,28-5-2)16-24(14-13-17-9-7-6-8-10-17)21(30)23-18-11-12-20(26-3)19(22)15-18/h6-12,15H,4-5,13-14,16H2,1-3H3,(H,23,30). The minimum absolute atomic E-state index is 0.0528. The van der Waals surface area contributed by atoms with Crippen molar-refractivity contribution in [1.29, 1.82) is 0 Å². The second-order valence-electron chi connectivity index (χ2n) is 6.37. The van der Waals surface area contributed by atoms with E-state index in [1.165, 1.54) is 0 Å². The molecule has 0 bridgehead atoms. The van der Waals surface area contributed by atoms with Crippen LogP contribution >= 0.6 is 31.4 Å². The zero-order chi connectivity index (χ0) is 22.0. The van der Waals surface area contributed by atoms with Gasteiger partial charge < -0.3 is 24.0 Å². The molecule has 0 radical (unpaired) electrons. The summed E-state index contributed by atoms with van der Waals surface area (Å²) in [6, 6.07) is 15.3. The molecule has 30 heavy (non-hydrogen) atoms. The number of anilines is 1. The lowest BCUT2D eigenvalue weighted by molar-refractivity contribution is 0.210. The summed E-state index contributed by atoms with van der Waals surface area (Å²) in [5, 5.41) is 4.04. The number of rotatable bonds is 11. The summed E-state index contributed by atoms with van der Waals surface area (Å²) in [5.41, 5.74) is 1.86. The molecule has 2 aromatic carbocycles. The number of ether oxygens (including phenoxy) is 1. The number of nitrogens with one attached hydrogen (secondary N) is 1. The topological polar surface area (TPSA) is 60.0 Å². The second kappa shape index (κ2) is 12.3. The highest BCUT2D eigenvalue weighted by Crippen LogP contribution is 2.48. The number of halogens is 1. The second-order valence-corrected chi connectivity index (χ2v) is 9.18. The molecule has 0 aliphatic carbocycles. The van der Waals surface area contributed by atoms with Crippen LogP contribution in [0.15, 0.2) is 48.5 Å². The van der Waals surface area contributed by atoms with Gasteiger partial charge in [-0.3, -0.25) is 4.57 Å². The lowest BCUT2D eigenvalue weighted by atomic mass is 10.1. The molecule has 9 heteroatoms. The van der Waals surface area contributed by atoms with Gasteiger partial charge in [-0.2, -0.15) is 0 Å². The molecule has 0 heterocycles. The van der Waals surface area contributed by atoms with Crippen molar-refractivity contribution in [3.8, 4) is 5.75 Å². The van der Waals surface area contributed by atoms with Gasteiger partial charge in [0.1, 0.15) is 12.0 Å². The van der Waals surface area contributed by atoms with E-state index >= 15 is 0 Å². The molecule has 164 valence electrons. The van der Waals surface area contributed by atoms with E-state index in [-0.39, 0.29) is 19.5 Å². The number of methoxy groups -OCH3 is 1. The Bertz CT molecular complexity index is 859. The van der Waals surface area contributed by atoms with E-state index in [0.29, 0.717) is 28.1 Å².